The van der Waals surface area contributed by atoms with Crippen LogP contribution in [0.5, 0.6) is 11.5 Å². The molecule has 45 heavy (non-hydrogen) atoms. The molecule has 0 atom stereocenters. The zero-order valence-electron chi connectivity index (χ0n) is 25.7. The molecule has 3 aromatic carbocycles. The Bertz CT molecular complexity index is 1830. The molecule has 5 rings (SSSR count). The van der Waals surface area contributed by atoms with E-state index in [0.717, 1.165) is 4.88 Å². The lowest BCUT2D eigenvalue weighted by atomic mass is 9.91. The van der Waals surface area contributed by atoms with Crippen LogP contribution in [-0.2, 0) is 20.9 Å². The minimum Gasteiger partial charge on any atom is -0.496 e. The van der Waals surface area contributed by atoms with E-state index in [1.165, 1.54) is 43.8 Å². The SMILES string of the molecule is COC(=O)c1cccc(C(=O)Oc2ccc(-c3ccc4c(c3COC(=O)c3ccc(C)s3)N(C)C(=O)C(C)(C)N4)c(OC)c2)c1. The maximum atomic E-state index is 13.3. The van der Waals surface area contributed by atoms with Gasteiger partial charge < -0.3 is 29.2 Å². The van der Waals surface area contributed by atoms with Gasteiger partial charge in [0.25, 0.3) is 5.91 Å². The monoisotopic (exact) mass is 628 g/mol. The van der Waals surface area contributed by atoms with E-state index in [1.54, 1.807) is 56.1 Å². The number of nitrogens with zero attached hydrogens (tertiary/aromatic N) is 1. The van der Waals surface area contributed by atoms with Crippen molar-refractivity contribution in [3.05, 3.63) is 93.2 Å². The molecule has 0 saturated heterocycles. The predicted molar refractivity (Wildman–Crippen MR) is 170 cm³/mol. The van der Waals surface area contributed by atoms with Crippen LogP contribution in [0.4, 0.5) is 11.4 Å². The standard InChI is InChI=1S/C34H32N2O8S/c1-19-10-15-28(45-19)32(39)43-18-25-23(13-14-26-29(25)36(4)33(40)34(2,3)35-26)24-12-11-22(17-27(24)41-5)44-31(38)21-9-7-8-20(16-21)30(37)42-6/h7-17,35H,18H2,1-6H3. The first-order chi connectivity index (χ1) is 21.4. The zero-order chi connectivity index (χ0) is 32.5. The normalized spacial score (nSPS) is 13.4. The number of esters is 3. The Labute approximate surface area is 264 Å². The van der Waals surface area contributed by atoms with E-state index in [9.17, 15) is 19.2 Å². The van der Waals surface area contributed by atoms with Crippen molar-refractivity contribution in [2.24, 2.45) is 0 Å². The highest BCUT2D eigenvalue weighted by Gasteiger charge is 2.39. The molecule has 0 bridgehead atoms. The van der Waals surface area contributed by atoms with E-state index in [0.29, 0.717) is 38.7 Å². The third kappa shape index (κ3) is 6.25. The summed E-state index contributed by atoms with van der Waals surface area (Å²) in [7, 11) is 4.44. The summed E-state index contributed by atoms with van der Waals surface area (Å²) < 4.78 is 21.8. The quantitative estimate of drug-likeness (QED) is 0.178. The third-order valence-corrected chi connectivity index (χ3v) is 8.37. The second-order valence-corrected chi connectivity index (χ2v) is 12.2. The smallest absolute Gasteiger partial charge is 0.348 e. The van der Waals surface area contributed by atoms with Crippen molar-refractivity contribution in [1.82, 2.24) is 0 Å². The lowest BCUT2D eigenvalue weighted by Gasteiger charge is -2.39. The number of fused-ring (bicyclic) bond motifs is 1. The second-order valence-electron chi connectivity index (χ2n) is 10.9. The summed E-state index contributed by atoms with van der Waals surface area (Å²) in [6, 6.07) is 18.2. The molecule has 2 heterocycles. The topological polar surface area (TPSA) is 120 Å². The average molecular weight is 629 g/mol. The molecule has 0 fully saturated rings. The number of hydrogen-bond acceptors (Lipinski definition) is 10. The van der Waals surface area contributed by atoms with E-state index in [-0.39, 0.29) is 29.4 Å². The lowest BCUT2D eigenvalue weighted by molar-refractivity contribution is -0.121. The minimum absolute atomic E-state index is 0.121. The van der Waals surface area contributed by atoms with Crippen LogP contribution in [-0.4, -0.2) is 50.6 Å². The van der Waals surface area contributed by atoms with Gasteiger partial charge in [-0.15, -0.1) is 11.3 Å². The van der Waals surface area contributed by atoms with Gasteiger partial charge in [-0.05, 0) is 74.9 Å². The first-order valence-electron chi connectivity index (χ1n) is 14.0. The van der Waals surface area contributed by atoms with Gasteiger partial charge in [0.05, 0.1) is 36.7 Å². The van der Waals surface area contributed by atoms with Crippen LogP contribution >= 0.6 is 11.3 Å². The third-order valence-electron chi connectivity index (χ3n) is 7.39. The minimum atomic E-state index is -0.842. The van der Waals surface area contributed by atoms with E-state index in [1.807, 2.05) is 25.1 Å². The molecular weight excluding hydrogens is 596 g/mol. The number of likely N-dealkylation sites (N-methyl/N-ethyl adjacent to an activating group) is 1. The van der Waals surface area contributed by atoms with E-state index in [2.05, 4.69) is 5.32 Å². The van der Waals surface area contributed by atoms with Crippen LogP contribution in [0.2, 0.25) is 0 Å². The van der Waals surface area contributed by atoms with Gasteiger partial charge in [0.2, 0.25) is 0 Å². The van der Waals surface area contributed by atoms with E-state index in [4.69, 9.17) is 18.9 Å². The van der Waals surface area contributed by atoms with Crippen molar-refractivity contribution < 1.29 is 38.1 Å². The number of methoxy groups -OCH3 is 2. The van der Waals surface area contributed by atoms with Gasteiger partial charge >= 0.3 is 17.9 Å². The van der Waals surface area contributed by atoms with Crippen molar-refractivity contribution >= 4 is 46.5 Å². The van der Waals surface area contributed by atoms with Crippen molar-refractivity contribution in [2.75, 3.05) is 31.5 Å². The van der Waals surface area contributed by atoms with Gasteiger partial charge in [-0.3, -0.25) is 4.79 Å². The molecule has 10 nitrogen and oxygen atoms in total. The number of rotatable bonds is 8. The zero-order valence-corrected chi connectivity index (χ0v) is 26.5. The molecule has 4 aromatic rings. The van der Waals surface area contributed by atoms with Gasteiger partial charge in [-0.25, -0.2) is 14.4 Å². The number of carbonyl (C=O) groups excluding carboxylic acids is 4. The van der Waals surface area contributed by atoms with Crippen LogP contribution < -0.4 is 19.7 Å². The molecule has 232 valence electrons. The molecule has 0 spiro atoms. The predicted octanol–water partition coefficient (Wildman–Crippen LogP) is 6.26. The number of anilines is 2. The summed E-state index contributed by atoms with van der Waals surface area (Å²) in [5, 5.41) is 3.30. The maximum Gasteiger partial charge on any atom is 0.348 e. The molecule has 0 radical (unpaired) electrons. The summed E-state index contributed by atoms with van der Waals surface area (Å²) in [6.07, 6.45) is 0. The Morgan fingerprint density at radius 3 is 2.27 bits per heavy atom. The number of thiophene rings is 1. The largest absolute Gasteiger partial charge is 0.496 e. The van der Waals surface area contributed by atoms with E-state index >= 15 is 0 Å². The van der Waals surface area contributed by atoms with Crippen LogP contribution in [0.3, 0.4) is 0 Å². The first kappa shape index (κ1) is 31.3. The molecule has 1 aliphatic heterocycles. The molecule has 11 heteroatoms. The van der Waals surface area contributed by atoms with Gasteiger partial charge in [0.1, 0.15) is 28.5 Å². The van der Waals surface area contributed by atoms with Gasteiger partial charge in [-0.2, -0.15) is 0 Å². The maximum absolute atomic E-state index is 13.3. The Hall–Kier alpha value is -5.16. The highest BCUT2D eigenvalue weighted by Crippen LogP contribution is 2.45. The Morgan fingerprint density at radius 2 is 1.60 bits per heavy atom. The Morgan fingerprint density at radius 1 is 0.889 bits per heavy atom. The molecule has 0 aliphatic carbocycles. The summed E-state index contributed by atoms with van der Waals surface area (Å²) in [6.45, 7) is 5.39. The summed E-state index contributed by atoms with van der Waals surface area (Å²) >= 11 is 1.34. The number of amides is 1. The summed E-state index contributed by atoms with van der Waals surface area (Å²) in [4.78, 5) is 54.1. The molecular formula is C34H32N2O8S. The number of carbonyl (C=O) groups is 4. The van der Waals surface area contributed by atoms with Gasteiger partial charge in [-0.1, -0.05) is 12.1 Å². The molecule has 1 N–H and O–H groups in total. The summed E-state index contributed by atoms with van der Waals surface area (Å²) in [5.74, 6) is -1.28. The number of ether oxygens (including phenoxy) is 4. The average Bonchev–Trinajstić information content (AvgIpc) is 3.48. The summed E-state index contributed by atoms with van der Waals surface area (Å²) in [5.41, 5.74) is 2.71. The Kier molecular flexibility index (Phi) is 8.65. The molecule has 1 aliphatic rings. The highest BCUT2D eigenvalue weighted by molar-refractivity contribution is 7.13. The van der Waals surface area contributed by atoms with Crippen LogP contribution in [0.1, 0.15) is 54.7 Å². The van der Waals surface area contributed by atoms with Crippen molar-refractivity contribution in [2.45, 2.75) is 32.9 Å². The number of aryl methyl sites for hydroxylation is 1. The molecule has 0 unspecified atom stereocenters. The van der Waals surface area contributed by atoms with Crippen molar-refractivity contribution in [1.29, 1.82) is 0 Å². The highest BCUT2D eigenvalue weighted by atomic mass is 32.1. The lowest BCUT2D eigenvalue weighted by Crippen LogP contribution is -2.52. The molecule has 0 saturated carbocycles. The van der Waals surface area contributed by atoms with Crippen LogP contribution in [0.25, 0.3) is 11.1 Å². The van der Waals surface area contributed by atoms with Gasteiger partial charge in [0, 0.05) is 29.1 Å². The fraction of sp³-hybridized carbons (Fsp3) is 0.235. The number of nitrogens with one attached hydrogen (secondary N) is 1. The van der Waals surface area contributed by atoms with Crippen molar-refractivity contribution in [3.8, 4) is 22.6 Å². The van der Waals surface area contributed by atoms with Crippen LogP contribution in [0, 0.1) is 6.92 Å². The fourth-order valence-electron chi connectivity index (χ4n) is 5.20. The second kappa shape index (κ2) is 12.4. The molecule has 1 aromatic heterocycles. The first-order valence-corrected chi connectivity index (χ1v) is 14.8. The Balaban J connectivity index is 1.52. The van der Waals surface area contributed by atoms with Crippen molar-refractivity contribution in [3.63, 3.8) is 0 Å². The fourth-order valence-corrected chi connectivity index (χ4v) is 5.96. The molecule has 1 amide bonds. The number of benzene rings is 3. The van der Waals surface area contributed by atoms with Crippen LogP contribution in [0.15, 0.2) is 66.7 Å². The van der Waals surface area contributed by atoms with Gasteiger partial charge in [0.15, 0.2) is 0 Å². The number of hydrogen-bond donors (Lipinski definition) is 1. The van der Waals surface area contributed by atoms with E-state index < -0.39 is 23.4 Å².